The molecule has 0 fully saturated rings. The van der Waals surface area contributed by atoms with E-state index in [1.165, 1.54) is 11.8 Å². The predicted octanol–water partition coefficient (Wildman–Crippen LogP) is 2.74. The molecule has 20 heavy (non-hydrogen) atoms. The molecule has 1 N–H and O–H groups in total. The first kappa shape index (κ1) is 14.4. The van der Waals surface area contributed by atoms with Gasteiger partial charge in [-0.15, -0.1) is 11.8 Å². The molecule has 104 valence electrons. The van der Waals surface area contributed by atoms with E-state index < -0.39 is 0 Å². The average molecular weight is 288 g/mol. The van der Waals surface area contributed by atoms with Crippen LogP contribution in [0.2, 0.25) is 0 Å². The van der Waals surface area contributed by atoms with Gasteiger partial charge in [-0.2, -0.15) is 0 Å². The van der Waals surface area contributed by atoms with Crippen molar-refractivity contribution in [2.24, 2.45) is 0 Å². The average Bonchev–Trinajstić information content (AvgIpc) is 2.52. The van der Waals surface area contributed by atoms with E-state index in [0.717, 1.165) is 16.3 Å². The Kier molecular flexibility index (Phi) is 5.01. The first-order valence-electron chi connectivity index (χ1n) is 6.15. The molecular formula is C15H16N2O2S. The highest BCUT2D eigenvalue weighted by atomic mass is 32.2. The first-order chi connectivity index (χ1) is 9.76. The van der Waals surface area contributed by atoms with Gasteiger partial charge in [0.2, 0.25) is 0 Å². The Morgan fingerprint density at radius 3 is 2.85 bits per heavy atom. The van der Waals surface area contributed by atoms with Crippen LogP contribution in [0, 0.1) is 0 Å². The zero-order valence-corrected chi connectivity index (χ0v) is 12.2. The summed E-state index contributed by atoms with van der Waals surface area (Å²) in [5, 5.41) is 3.62. The minimum Gasteiger partial charge on any atom is -0.496 e. The van der Waals surface area contributed by atoms with Gasteiger partial charge in [0.1, 0.15) is 10.8 Å². The molecule has 0 bridgehead atoms. The Morgan fingerprint density at radius 1 is 1.30 bits per heavy atom. The molecule has 0 spiro atoms. The zero-order chi connectivity index (χ0) is 14.4. The summed E-state index contributed by atoms with van der Waals surface area (Å²) >= 11 is 1.46. The number of methoxy groups -OCH3 is 1. The maximum Gasteiger partial charge on any atom is 0.254 e. The molecule has 1 amide bonds. The molecule has 2 aromatic rings. The van der Waals surface area contributed by atoms with E-state index >= 15 is 0 Å². The fourth-order valence-electron chi connectivity index (χ4n) is 1.85. The van der Waals surface area contributed by atoms with Gasteiger partial charge in [-0.05, 0) is 24.5 Å². The van der Waals surface area contributed by atoms with Gasteiger partial charge in [0.25, 0.3) is 5.91 Å². The second kappa shape index (κ2) is 6.96. The second-order valence-corrected chi connectivity index (χ2v) is 4.85. The Bertz CT molecular complexity index is 602. The highest BCUT2D eigenvalue weighted by molar-refractivity contribution is 7.98. The van der Waals surface area contributed by atoms with Crippen molar-refractivity contribution in [1.29, 1.82) is 0 Å². The van der Waals surface area contributed by atoms with E-state index in [1.807, 2.05) is 30.5 Å². The number of amides is 1. The maximum atomic E-state index is 12.2. The largest absolute Gasteiger partial charge is 0.496 e. The fourth-order valence-corrected chi connectivity index (χ4v) is 2.39. The number of benzene rings is 1. The van der Waals surface area contributed by atoms with Crippen LogP contribution in [0.4, 0.5) is 0 Å². The molecule has 0 aliphatic carbocycles. The van der Waals surface area contributed by atoms with Crippen LogP contribution >= 0.6 is 11.8 Å². The lowest BCUT2D eigenvalue weighted by atomic mass is 10.2. The standard InChI is InChI=1S/C15H16N2O2S/c1-19-13-8-4-3-6-11(13)10-17-14(18)12-7-5-9-16-15(12)20-2/h3-9H,10H2,1-2H3,(H,17,18). The van der Waals surface area contributed by atoms with Gasteiger partial charge < -0.3 is 10.1 Å². The zero-order valence-electron chi connectivity index (χ0n) is 11.4. The molecule has 1 aromatic carbocycles. The normalized spacial score (nSPS) is 10.1. The number of carbonyl (C=O) groups excluding carboxylic acids is 1. The highest BCUT2D eigenvalue weighted by Gasteiger charge is 2.11. The van der Waals surface area contributed by atoms with Gasteiger partial charge in [-0.1, -0.05) is 18.2 Å². The smallest absolute Gasteiger partial charge is 0.254 e. The maximum absolute atomic E-state index is 12.2. The highest BCUT2D eigenvalue weighted by Crippen LogP contribution is 2.19. The molecule has 0 atom stereocenters. The Labute approximate surface area is 122 Å². The van der Waals surface area contributed by atoms with E-state index in [-0.39, 0.29) is 5.91 Å². The number of rotatable bonds is 5. The monoisotopic (exact) mass is 288 g/mol. The summed E-state index contributed by atoms with van der Waals surface area (Å²) in [6.45, 7) is 0.422. The first-order valence-corrected chi connectivity index (χ1v) is 7.38. The minimum atomic E-state index is -0.131. The number of carbonyl (C=O) groups is 1. The van der Waals surface area contributed by atoms with Crippen molar-refractivity contribution in [3.8, 4) is 5.75 Å². The molecule has 0 saturated carbocycles. The van der Waals surface area contributed by atoms with Crippen molar-refractivity contribution in [1.82, 2.24) is 10.3 Å². The van der Waals surface area contributed by atoms with Gasteiger partial charge >= 0.3 is 0 Å². The van der Waals surface area contributed by atoms with Crippen LogP contribution < -0.4 is 10.1 Å². The van der Waals surface area contributed by atoms with Gasteiger partial charge in [0, 0.05) is 18.3 Å². The minimum absolute atomic E-state index is 0.131. The molecule has 1 heterocycles. The van der Waals surface area contributed by atoms with Crippen molar-refractivity contribution in [2.75, 3.05) is 13.4 Å². The van der Waals surface area contributed by atoms with Crippen molar-refractivity contribution in [2.45, 2.75) is 11.6 Å². The van der Waals surface area contributed by atoms with Crippen molar-refractivity contribution >= 4 is 17.7 Å². The molecule has 0 unspecified atom stereocenters. The number of nitrogens with zero attached hydrogens (tertiary/aromatic N) is 1. The molecule has 5 heteroatoms. The summed E-state index contributed by atoms with van der Waals surface area (Å²) in [6.07, 6.45) is 3.59. The number of hydrogen-bond donors (Lipinski definition) is 1. The number of aromatic nitrogens is 1. The number of para-hydroxylation sites is 1. The van der Waals surface area contributed by atoms with Crippen molar-refractivity contribution in [3.05, 3.63) is 53.7 Å². The van der Waals surface area contributed by atoms with Crippen LogP contribution in [-0.4, -0.2) is 24.3 Å². The van der Waals surface area contributed by atoms with Crippen LogP contribution in [0.15, 0.2) is 47.6 Å². The van der Waals surface area contributed by atoms with Crippen LogP contribution in [0.1, 0.15) is 15.9 Å². The van der Waals surface area contributed by atoms with Gasteiger partial charge in [-0.3, -0.25) is 4.79 Å². The Balaban J connectivity index is 2.09. The Hall–Kier alpha value is -2.01. The number of ether oxygens (including phenoxy) is 1. The lowest BCUT2D eigenvalue weighted by Crippen LogP contribution is -2.23. The van der Waals surface area contributed by atoms with Crippen LogP contribution in [0.5, 0.6) is 5.75 Å². The summed E-state index contributed by atoms with van der Waals surface area (Å²) < 4.78 is 5.26. The Morgan fingerprint density at radius 2 is 2.10 bits per heavy atom. The van der Waals surface area contributed by atoms with Gasteiger partial charge in [0.15, 0.2) is 0 Å². The quantitative estimate of drug-likeness (QED) is 0.860. The number of nitrogens with one attached hydrogen (secondary N) is 1. The lowest BCUT2D eigenvalue weighted by molar-refractivity contribution is 0.0947. The van der Waals surface area contributed by atoms with E-state index in [0.29, 0.717) is 12.1 Å². The SMILES string of the molecule is COc1ccccc1CNC(=O)c1cccnc1SC. The summed E-state index contributed by atoms with van der Waals surface area (Å²) in [5.41, 5.74) is 1.54. The molecular weight excluding hydrogens is 272 g/mol. The van der Waals surface area contributed by atoms with E-state index in [9.17, 15) is 4.79 Å². The van der Waals surface area contributed by atoms with Gasteiger partial charge in [-0.25, -0.2) is 4.98 Å². The third kappa shape index (κ3) is 3.30. The molecule has 2 rings (SSSR count). The topological polar surface area (TPSA) is 51.2 Å². The molecule has 0 aliphatic rings. The van der Waals surface area contributed by atoms with E-state index in [2.05, 4.69) is 10.3 Å². The van der Waals surface area contributed by atoms with Crippen molar-refractivity contribution < 1.29 is 9.53 Å². The van der Waals surface area contributed by atoms with Crippen LogP contribution in [0.25, 0.3) is 0 Å². The van der Waals surface area contributed by atoms with Crippen molar-refractivity contribution in [3.63, 3.8) is 0 Å². The molecule has 0 radical (unpaired) electrons. The summed E-state index contributed by atoms with van der Waals surface area (Å²) in [6, 6.07) is 11.2. The van der Waals surface area contributed by atoms with Gasteiger partial charge in [0.05, 0.1) is 12.7 Å². The van der Waals surface area contributed by atoms with E-state index in [4.69, 9.17) is 4.74 Å². The van der Waals surface area contributed by atoms with Crippen LogP contribution in [0.3, 0.4) is 0 Å². The second-order valence-electron chi connectivity index (χ2n) is 4.05. The lowest BCUT2D eigenvalue weighted by Gasteiger charge is -2.10. The molecule has 4 nitrogen and oxygen atoms in total. The van der Waals surface area contributed by atoms with Crippen LogP contribution in [-0.2, 0) is 6.54 Å². The summed E-state index contributed by atoms with van der Waals surface area (Å²) in [4.78, 5) is 16.4. The van der Waals surface area contributed by atoms with E-state index in [1.54, 1.807) is 25.4 Å². The third-order valence-corrected chi connectivity index (χ3v) is 3.55. The molecule has 0 saturated heterocycles. The number of hydrogen-bond acceptors (Lipinski definition) is 4. The number of thioether (sulfide) groups is 1. The summed E-state index contributed by atoms with van der Waals surface area (Å²) in [5.74, 6) is 0.637. The molecule has 1 aromatic heterocycles. The fraction of sp³-hybridized carbons (Fsp3) is 0.200. The third-order valence-electron chi connectivity index (χ3n) is 2.84. The number of pyridine rings is 1. The predicted molar refractivity (Wildman–Crippen MR) is 80.2 cm³/mol. The summed E-state index contributed by atoms with van der Waals surface area (Å²) in [7, 11) is 1.62. The molecule has 0 aliphatic heterocycles.